The Hall–Kier alpha value is -3.42. The number of likely N-dealkylation sites (tertiary alicyclic amines) is 1. The van der Waals surface area contributed by atoms with E-state index < -0.39 is 12.1 Å². The molecule has 7 nitrogen and oxygen atoms in total. The second-order valence-corrected chi connectivity index (χ2v) is 9.83. The second kappa shape index (κ2) is 9.68. The lowest BCUT2D eigenvalue weighted by Gasteiger charge is -2.35. The Morgan fingerprint density at radius 2 is 1.94 bits per heavy atom. The number of alkyl halides is 1. The molecule has 3 aromatic rings. The number of hydrogen-bond donors (Lipinski definition) is 2. The van der Waals surface area contributed by atoms with Crippen LogP contribution >= 0.6 is 0 Å². The van der Waals surface area contributed by atoms with Crippen LogP contribution in [0.4, 0.5) is 16.1 Å². The molecular weight excluding hydrogens is 449 g/mol. The summed E-state index contributed by atoms with van der Waals surface area (Å²) in [6.45, 7) is 2.11. The van der Waals surface area contributed by atoms with Gasteiger partial charge in [-0.05, 0) is 67.9 Å². The first-order valence-corrected chi connectivity index (χ1v) is 12.3. The highest BCUT2D eigenvalue weighted by Gasteiger charge is 2.41. The Morgan fingerprint density at radius 1 is 1.17 bits per heavy atom. The molecule has 2 atom stereocenters. The van der Waals surface area contributed by atoms with Gasteiger partial charge in [0.25, 0.3) is 6.01 Å². The number of para-hydroxylation sites is 1. The summed E-state index contributed by atoms with van der Waals surface area (Å²) in [6, 6.07) is 13.6. The number of carbonyl (C=O) groups is 2. The largest absolute Gasteiger partial charge is 0.481 e. The van der Waals surface area contributed by atoms with Crippen molar-refractivity contribution in [3.8, 4) is 0 Å². The third-order valence-electron chi connectivity index (χ3n) is 7.47. The molecule has 0 spiro atoms. The number of carboxylic acids is 1. The molecule has 184 valence electrons. The first-order chi connectivity index (χ1) is 16.9. The van der Waals surface area contributed by atoms with Crippen molar-refractivity contribution < 1.29 is 23.5 Å². The van der Waals surface area contributed by atoms with Crippen LogP contribution in [0, 0.1) is 18.8 Å². The van der Waals surface area contributed by atoms with E-state index >= 15 is 0 Å². The molecule has 1 aromatic heterocycles. The molecular formula is C27H30FN3O4. The fraction of sp³-hybridized carbons (Fsp3) is 0.444. The highest BCUT2D eigenvalue weighted by Crippen LogP contribution is 2.38. The van der Waals surface area contributed by atoms with E-state index in [-0.39, 0.29) is 36.8 Å². The number of nitrogens with one attached hydrogen (secondary N) is 1. The van der Waals surface area contributed by atoms with Crippen LogP contribution in [0.25, 0.3) is 11.1 Å². The number of carboxylic acid groups (broad SMARTS) is 1. The van der Waals surface area contributed by atoms with Gasteiger partial charge in [0, 0.05) is 18.2 Å². The van der Waals surface area contributed by atoms with E-state index in [1.807, 2.05) is 49.4 Å². The molecule has 0 radical (unpaired) electrons. The minimum Gasteiger partial charge on any atom is -0.481 e. The molecule has 0 unspecified atom stereocenters. The number of carbonyl (C=O) groups excluding carboxylic acids is 1. The van der Waals surface area contributed by atoms with Gasteiger partial charge in [-0.2, -0.15) is 4.98 Å². The number of fused-ring (bicyclic) bond motifs is 1. The maximum absolute atomic E-state index is 14.4. The fourth-order valence-corrected chi connectivity index (χ4v) is 5.53. The van der Waals surface area contributed by atoms with E-state index in [4.69, 9.17) is 4.42 Å². The summed E-state index contributed by atoms with van der Waals surface area (Å²) in [7, 11) is 0. The van der Waals surface area contributed by atoms with E-state index in [2.05, 4.69) is 10.3 Å². The van der Waals surface area contributed by atoms with Gasteiger partial charge in [0.05, 0.1) is 18.9 Å². The van der Waals surface area contributed by atoms with Crippen LogP contribution in [0.15, 0.2) is 46.9 Å². The van der Waals surface area contributed by atoms with Crippen molar-refractivity contribution >= 4 is 34.7 Å². The molecule has 5 rings (SSSR count). The molecule has 35 heavy (non-hydrogen) atoms. The van der Waals surface area contributed by atoms with Gasteiger partial charge in [-0.15, -0.1) is 0 Å². The summed E-state index contributed by atoms with van der Waals surface area (Å²) in [5.41, 5.74) is 4.04. The molecule has 0 bridgehead atoms. The predicted molar refractivity (Wildman–Crippen MR) is 130 cm³/mol. The van der Waals surface area contributed by atoms with E-state index in [9.17, 15) is 19.1 Å². The van der Waals surface area contributed by atoms with Gasteiger partial charge in [0.1, 0.15) is 11.7 Å². The van der Waals surface area contributed by atoms with Gasteiger partial charge >= 0.3 is 5.97 Å². The van der Waals surface area contributed by atoms with Gasteiger partial charge in [0.15, 0.2) is 5.58 Å². The number of aromatic nitrogens is 1. The van der Waals surface area contributed by atoms with Crippen molar-refractivity contribution in [2.75, 3.05) is 11.9 Å². The number of aliphatic carboxylic acids is 1. The van der Waals surface area contributed by atoms with Crippen molar-refractivity contribution in [1.82, 2.24) is 9.88 Å². The van der Waals surface area contributed by atoms with Crippen LogP contribution in [0.1, 0.15) is 43.2 Å². The molecule has 2 aromatic carbocycles. The van der Waals surface area contributed by atoms with E-state index in [0.29, 0.717) is 36.4 Å². The lowest BCUT2D eigenvalue weighted by atomic mass is 9.77. The molecule has 1 aliphatic heterocycles. The molecule has 2 aliphatic rings. The normalized spacial score (nSPS) is 24.6. The molecule has 1 amide bonds. The third kappa shape index (κ3) is 5.01. The summed E-state index contributed by atoms with van der Waals surface area (Å²) in [5, 5.41) is 12.5. The summed E-state index contributed by atoms with van der Waals surface area (Å²) in [5.74, 6) is -1.03. The van der Waals surface area contributed by atoms with Crippen LogP contribution in [0.2, 0.25) is 0 Å². The van der Waals surface area contributed by atoms with Crippen LogP contribution in [0.3, 0.4) is 0 Å². The number of rotatable bonds is 6. The first kappa shape index (κ1) is 23.3. The zero-order valence-electron chi connectivity index (χ0n) is 19.7. The quantitative estimate of drug-likeness (QED) is 0.501. The Balaban J connectivity index is 1.27. The summed E-state index contributed by atoms with van der Waals surface area (Å²) in [6.07, 6.45) is 2.09. The Labute approximate surface area is 203 Å². The van der Waals surface area contributed by atoms with Crippen molar-refractivity contribution in [1.29, 1.82) is 0 Å². The fourth-order valence-electron chi connectivity index (χ4n) is 5.53. The van der Waals surface area contributed by atoms with Crippen LogP contribution in [-0.2, 0) is 16.0 Å². The molecule has 1 saturated carbocycles. The van der Waals surface area contributed by atoms with Crippen LogP contribution in [-0.4, -0.2) is 45.6 Å². The number of hydrogen-bond acceptors (Lipinski definition) is 5. The van der Waals surface area contributed by atoms with E-state index in [1.165, 1.54) is 0 Å². The minimum atomic E-state index is -1.03. The molecule has 1 aliphatic carbocycles. The highest BCUT2D eigenvalue weighted by atomic mass is 19.1. The van der Waals surface area contributed by atoms with Crippen molar-refractivity contribution in [2.45, 2.75) is 57.7 Å². The third-order valence-corrected chi connectivity index (χ3v) is 7.47. The predicted octanol–water partition coefficient (Wildman–Crippen LogP) is 5.25. The topological polar surface area (TPSA) is 95.7 Å². The van der Waals surface area contributed by atoms with E-state index in [0.717, 1.165) is 29.7 Å². The maximum Gasteiger partial charge on any atom is 0.306 e. The van der Waals surface area contributed by atoms with E-state index in [1.54, 1.807) is 4.90 Å². The molecule has 1 saturated heterocycles. The second-order valence-electron chi connectivity index (χ2n) is 9.83. The van der Waals surface area contributed by atoms with Crippen molar-refractivity contribution in [3.63, 3.8) is 0 Å². The summed E-state index contributed by atoms with van der Waals surface area (Å²) < 4.78 is 20.3. The number of nitrogens with zero attached hydrogens (tertiary/aromatic N) is 2. The number of anilines is 2. The number of aryl methyl sites for hydroxylation is 1. The van der Waals surface area contributed by atoms with Gasteiger partial charge in [-0.3, -0.25) is 9.59 Å². The Bertz CT molecular complexity index is 1230. The average Bonchev–Trinajstić information content (AvgIpc) is 3.43. The maximum atomic E-state index is 14.4. The number of halogens is 1. The zero-order chi connectivity index (χ0) is 24.5. The standard InChI is InChI=1S/C27H30FN3O4/c1-16-4-2-3-5-21(16)29-27-30-22-11-6-17(12-24(22)35-27)13-25(32)31-15-20(28)14-23(31)18-7-9-19(10-8-18)26(33)34/h2-6,11-12,18-20,23H,7-10,13-15H2,1H3,(H,29,30)(H,33,34)/t18?,19?,20-,23-/m0/s1. The zero-order valence-corrected chi connectivity index (χ0v) is 19.7. The Kier molecular flexibility index (Phi) is 6.45. The van der Waals surface area contributed by atoms with Crippen LogP contribution < -0.4 is 5.32 Å². The van der Waals surface area contributed by atoms with Gasteiger partial charge in [-0.25, -0.2) is 4.39 Å². The highest BCUT2D eigenvalue weighted by molar-refractivity contribution is 5.82. The van der Waals surface area contributed by atoms with Gasteiger partial charge < -0.3 is 19.7 Å². The Morgan fingerprint density at radius 3 is 2.69 bits per heavy atom. The monoisotopic (exact) mass is 479 g/mol. The number of amides is 1. The number of benzene rings is 2. The van der Waals surface area contributed by atoms with Crippen molar-refractivity contribution in [2.24, 2.45) is 11.8 Å². The molecule has 2 N–H and O–H groups in total. The van der Waals surface area contributed by atoms with Gasteiger partial charge in [-0.1, -0.05) is 24.3 Å². The first-order valence-electron chi connectivity index (χ1n) is 12.3. The summed E-state index contributed by atoms with van der Waals surface area (Å²) >= 11 is 0. The lowest BCUT2D eigenvalue weighted by Crippen LogP contribution is -2.42. The minimum absolute atomic E-state index is 0.104. The van der Waals surface area contributed by atoms with Crippen molar-refractivity contribution in [3.05, 3.63) is 53.6 Å². The molecule has 2 heterocycles. The SMILES string of the molecule is Cc1ccccc1Nc1nc2ccc(CC(=O)N3C[C@@H](F)C[C@H]3C3CCC(C(=O)O)CC3)cc2o1. The smallest absolute Gasteiger partial charge is 0.306 e. The lowest BCUT2D eigenvalue weighted by molar-refractivity contribution is -0.143. The van der Waals surface area contributed by atoms with Gasteiger partial charge in [0.2, 0.25) is 5.91 Å². The number of oxazole rings is 1. The molecule has 2 fully saturated rings. The molecule has 8 heteroatoms. The summed E-state index contributed by atoms with van der Waals surface area (Å²) in [4.78, 5) is 30.7. The van der Waals surface area contributed by atoms with Crippen LogP contribution in [0.5, 0.6) is 0 Å². The average molecular weight is 480 g/mol.